The topological polar surface area (TPSA) is 59.8 Å². The summed E-state index contributed by atoms with van der Waals surface area (Å²) in [7, 11) is 0. The highest BCUT2D eigenvalue weighted by Crippen LogP contribution is 2.40. The lowest BCUT2D eigenvalue weighted by atomic mass is 10.1. The number of aromatic hydroxyl groups is 1. The van der Waals surface area contributed by atoms with Crippen LogP contribution in [0, 0.1) is 0 Å². The van der Waals surface area contributed by atoms with E-state index >= 15 is 0 Å². The zero-order chi connectivity index (χ0) is 18.3. The molecular weight excluding hydrogens is 373 g/mol. The lowest BCUT2D eigenvalue weighted by molar-refractivity contribution is 0.198. The van der Waals surface area contributed by atoms with E-state index in [1.807, 2.05) is 24.3 Å². The largest absolute Gasteiger partial charge is 0.504 e. The maximum atomic E-state index is 10.5. The van der Waals surface area contributed by atoms with Crippen LogP contribution >= 0.6 is 23.2 Å². The van der Waals surface area contributed by atoms with Gasteiger partial charge in [0.2, 0.25) is 0 Å². The van der Waals surface area contributed by atoms with Gasteiger partial charge in [0, 0.05) is 41.8 Å². The first-order chi connectivity index (χ1) is 12.5. The number of hydrogen-bond donors (Lipinski definition) is 2. The van der Waals surface area contributed by atoms with Crippen molar-refractivity contribution < 1.29 is 10.2 Å². The van der Waals surface area contributed by atoms with E-state index in [1.54, 1.807) is 6.07 Å². The number of halogens is 2. The normalized spacial score (nSPS) is 19.1. The molecule has 1 unspecified atom stereocenters. The third-order valence-electron chi connectivity index (χ3n) is 4.73. The Kier molecular flexibility index (Phi) is 4.69. The Morgan fingerprint density at radius 3 is 2.65 bits per heavy atom. The van der Waals surface area contributed by atoms with Gasteiger partial charge in [-0.15, -0.1) is 0 Å². The van der Waals surface area contributed by atoms with Crippen LogP contribution in [0.2, 0.25) is 10.0 Å². The average Bonchev–Trinajstić information content (AvgIpc) is 3.00. The molecule has 1 aromatic heterocycles. The number of aliphatic hydroxyl groups excluding tert-OH is 1. The Bertz CT molecular complexity index is 852. The minimum atomic E-state index is -0.335. The molecule has 5 nitrogen and oxygen atoms in total. The van der Waals surface area contributed by atoms with Crippen LogP contribution in [0.5, 0.6) is 5.75 Å². The molecule has 26 heavy (non-hydrogen) atoms. The van der Waals surface area contributed by atoms with E-state index in [1.165, 1.54) is 6.20 Å². The fourth-order valence-electron chi connectivity index (χ4n) is 3.62. The fraction of sp³-hybridized carbons (Fsp3) is 0.316. The van der Waals surface area contributed by atoms with Crippen molar-refractivity contribution in [2.75, 3.05) is 29.4 Å². The summed E-state index contributed by atoms with van der Waals surface area (Å²) in [5.41, 5.74) is 2.59. The van der Waals surface area contributed by atoms with Crippen molar-refractivity contribution in [2.45, 2.75) is 19.1 Å². The predicted molar refractivity (Wildman–Crippen MR) is 105 cm³/mol. The van der Waals surface area contributed by atoms with Crippen LogP contribution < -0.4 is 9.80 Å². The average molecular weight is 392 g/mol. The molecule has 7 heteroatoms. The molecule has 1 saturated heterocycles. The van der Waals surface area contributed by atoms with Crippen LogP contribution in [0.4, 0.5) is 11.5 Å². The predicted octanol–water partition coefficient (Wildman–Crippen LogP) is 3.70. The van der Waals surface area contributed by atoms with Crippen molar-refractivity contribution in [3.8, 4) is 5.75 Å². The molecule has 2 aromatic rings. The summed E-state index contributed by atoms with van der Waals surface area (Å²) in [6.45, 7) is 2.54. The lowest BCUT2D eigenvalue weighted by Crippen LogP contribution is -2.28. The Morgan fingerprint density at radius 2 is 1.96 bits per heavy atom. The number of fused-ring (bicyclic) bond motifs is 1. The standard InChI is InChI=1S/C19H19Cl2N3O2/c20-13-6-12(7-14(21)8-13)10-23-4-1-2-16-18(23)17(26)9-22-19(16)24-5-3-15(25)11-24/h1-2,6-9,15,25-26H,3-5,10-11H2. The smallest absolute Gasteiger partial charge is 0.158 e. The van der Waals surface area contributed by atoms with Crippen LogP contribution in [0.25, 0.3) is 6.08 Å². The van der Waals surface area contributed by atoms with Crippen molar-refractivity contribution >= 4 is 40.8 Å². The second kappa shape index (κ2) is 6.99. The number of β-amino-alcohol motifs (C(OH)–C–C–N with tert-alkyl or cyclic N) is 1. The van der Waals surface area contributed by atoms with Gasteiger partial charge in [0.25, 0.3) is 0 Å². The highest BCUT2D eigenvalue weighted by Gasteiger charge is 2.28. The molecule has 0 spiro atoms. The molecule has 0 radical (unpaired) electrons. The summed E-state index contributed by atoms with van der Waals surface area (Å²) in [5.74, 6) is 0.931. The molecule has 0 bridgehead atoms. The molecule has 0 amide bonds. The minimum Gasteiger partial charge on any atom is -0.504 e. The van der Waals surface area contributed by atoms with Crippen molar-refractivity contribution in [2.24, 2.45) is 0 Å². The lowest BCUT2D eigenvalue weighted by Gasteiger charge is -2.31. The molecule has 3 heterocycles. The maximum Gasteiger partial charge on any atom is 0.158 e. The van der Waals surface area contributed by atoms with Gasteiger partial charge in [-0.2, -0.15) is 0 Å². The summed E-state index contributed by atoms with van der Waals surface area (Å²) >= 11 is 12.2. The Morgan fingerprint density at radius 1 is 1.19 bits per heavy atom. The number of aromatic nitrogens is 1. The van der Waals surface area contributed by atoms with Gasteiger partial charge in [-0.05, 0) is 30.2 Å². The number of aliphatic hydroxyl groups is 1. The number of rotatable bonds is 3. The van der Waals surface area contributed by atoms with Crippen molar-refractivity contribution in [3.63, 3.8) is 0 Å². The number of pyridine rings is 1. The molecule has 1 aromatic carbocycles. The monoisotopic (exact) mass is 391 g/mol. The molecule has 0 aliphatic carbocycles. The number of nitrogens with zero attached hydrogens (tertiary/aromatic N) is 3. The van der Waals surface area contributed by atoms with Gasteiger partial charge >= 0.3 is 0 Å². The minimum absolute atomic E-state index is 0.140. The number of benzene rings is 1. The first kappa shape index (κ1) is 17.5. The molecule has 1 fully saturated rings. The number of anilines is 2. The molecule has 2 N–H and O–H groups in total. The Hall–Kier alpha value is -1.95. The van der Waals surface area contributed by atoms with E-state index in [4.69, 9.17) is 23.2 Å². The summed E-state index contributed by atoms with van der Waals surface area (Å²) in [5, 5.41) is 21.5. The molecule has 0 saturated carbocycles. The fourth-order valence-corrected chi connectivity index (χ4v) is 4.20. The summed E-state index contributed by atoms with van der Waals surface area (Å²) < 4.78 is 0. The molecule has 1 atom stereocenters. The zero-order valence-corrected chi connectivity index (χ0v) is 15.6. The first-order valence-corrected chi connectivity index (χ1v) is 9.28. The van der Waals surface area contributed by atoms with E-state index in [9.17, 15) is 10.2 Å². The van der Waals surface area contributed by atoms with Crippen molar-refractivity contribution in [1.82, 2.24) is 4.98 Å². The first-order valence-electron chi connectivity index (χ1n) is 8.52. The van der Waals surface area contributed by atoms with Gasteiger partial charge in [-0.3, -0.25) is 0 Å². The second-order valence-corrected chi connectivity index (χ2v) is 7.55. The van der Waals surface area contributed by atoms with E-state index in [0.29, 0.717) is 29.7 Å². The maximum absolute atomic E-state index is 10.5. The van der Waals surface area contributed by atoms with Crippen LogP contribution in [0.3, 0.4) is 0 Å². The van der Waals surface area contributed by atoms with Gasteiger partial charge < -0.3 is 20.0 Å². The Balaban J connectivity index is 1.70. The summed E-state index contributed by atoms with van der Waals surface area (Å²) in [4.78, 5) is 8.56. The molecular formula is C19H19Cl2N3O2. The SMILES string of the molecule is Oc1cnc(N2CCC(O)C2)c2c1N(Cc1cc(Cl)cc(Cl)c1)CC=C2. The number of hydrogen-bond acceptors (Lipinski definition) is 5. The molecule has 2 aliphatic rings. The van der Waals surface area contributed by atoms with Gasteiger partial charge in [-0.1, -0.05) is 35.4 Å². The highest BCUT2D eigenvalue weighted by atomic mass is 35.5. The molecule has 136 valence electrons. The second-order valence-electron chi connectivity index (χ2n) is 6.68. The Labute approximate surface area is 162 Å². The summed E-state index contributed by atoms with van der Waals surface area (Å²) in [6, 6.07) is 5.46. The zero-order valence-electron chi connectivity index (χ0n) is 14.1. The third kappa shape index (κ3) is 3.34. The quantitative estimate of drug-likeness (QED) is 0.834. The van der Waals surface area contributed by atoms with E-state index in [2.05, 4.69) is 14.8 Å². The van der Waals surface area contributed by atoms with Crippen LogP contribution in [-0.2, 0) is 6.54 Å². The van der Waals surface area contributed by atoms with Gasteiger partial charge in [-0.25, -0.2) is 4.98 Å². The molecule has 4 rings (SSSR count). The van der Waals surface area contributed by atoms with Gasteiger partial charge in [0.05, 0.1) is 18.0 Å². The molecule has 2 aliphatic heterocycles. The van der Waals surface area contributed by atoms with Crippen molar-refractivity contribution in [3.05, 3.63) is 51.6 Å². The van der Waals surface area contributed by atoms with E-state index in [0.717, 1.165) is 35.6 Å². The van der Waals surface area contributed by atoms with Crippen LogP contribution in [0.1, 0.15) is 17.5 Å². The van der Waals surface area contributed by atoms with Crippen molar-refractivity contribution in [1.29, 1.82) is 0 Å². The van der Waals surface area contributed by atoms with Crippen LogP contribution in [-0.4, -0.2) is 40.9 Å². The van der Waals surface area contributed by atoms with Crippen LogP contribution in [0.15, 0.2) is 30.5 Å². The van der Waals surface area contributed by atoms with Gasteiger partial charge in [0.15, 0.2) is 5.75 Å². The van der Waals surface area contributed by atoms with E-state index < -0.39 is 0 Å². The highest BCUT2D eigenvalue weighted by molar-refractivity contribution is 6.34. The summed E-state index contributed by atoms with van der Waals surface area (Å²) in [6.07, 6.45) is 5.91. The van der Waals surface area contributed by atoms with Gasteiger partial charge in [0.1, 0.15) is 5.82 Å². The van der Waals surface area contributed by atoms with E-state index in [-0.39, 0.29) is 11.9 Å². The third-order valence-corrected chi connectivity index (χ3v) is 5.17.